The van der Waals surface area contributed by atoms with Crippen LogP contribution in [0.2, 0.25) is 0 Å². The SMILES string of the molecule is COc1ccc(Cn2nc(C(=O)Nc3ccc(F)c(C(=O)N[C@H](C)CO)c3)ccc2=O)cc1F. The molecule has 0 aliphatic rings. The average Bonchev–Trinajstić information content (AvgIpc) is 2.81. The van der Waals surface area contributed by atoms with Gasteiger partial charge in [0.2, 0.25) is 0 Å². The topological polar surface area (TPSA) is 123 Å². The lowest BCUT2D eigenvalue weighted by atomic mass is 10.1. The number of carbonyl (C=O) groups excluding carboxylic acids is 2. The Labute approximate surface area is 193 Å². The quantitative estimate of drug-likeness (QED) is 0.461. The Morgan fingerprint density at radius 3 is 2.53 bits per heavy atom. The molecule has 2 amide bonds. The number of hydrogen-bond donors (Lipinski definition) is 3. The van der Waals surface area contributed by atoms with Crippen LogP contribution >= 0.6 is 0 Å². The summed E-state index contributed by atoms with van der Waals surface area (Å²) in [5.74, 6) is -2.83. The van der Waals surface area contributed by atoms with Crippen molar-refractivity contribution in [3.63, 3.8) is 0 Å². The molecule has 11 heteroatoms. The number of nitrogens with one attached hydrogen (secondary N) is 2. The van der Waals surface area contributed by atoms with Crippen molar-refractivity contribution in [1.82, 2.24) is 15.1 Å². The molecule has 1 atom stereocenters. The normalized spacial score (nSPS) is 11.6. The number of aliphatic hydroxyl groups is 1. The van der Waals surface area contributed by atoms with Gasteiger partial charge in [0.1, 0.15) is 11.5 Å². The van der Waals surface area contributed by atoms with E-state index in [2.05, 4.69) is 15.7 Å². The van der Waals surface area contributed by atoms with Gasteiger partial charge < -0.3 is 20.5 Å². The van der Waals surface area contributed by atoms with Gasteiger partial charge in [0.05, 0.1) is 25.8 Å². The van der Waals surface area contributed by atoms with Crippen molar-refractivity contribution in [3.05, 3.63) is 87.3 Å². The van der Waals surface area contributed by atoms with Crippen molar-refractivity contribution in [1.29, 1.82) is 0 Å². The molecule has 3 aromatic rings. The first-order chi connectivity index (χ1) is 16.2. The first-order valence-electron chi connectivity index (χ1n) is 10.1. The fraction of sp³-hybridized carbons (Fsp3) is 0.217. The molecule has 3 N–H and O–H groups in total. The summed E-state index contributed by atoms with van der Waals surface area (Å²) in [6, 6.07) is 9.35. The molecule has 0 spiro atoms. The summed E-state index contributed by atoms with van der Waals surface area (Å²) >= 11 is 0. The van der Waals surface area contributed by atoms with Gasteiger partial charge in [-0.05, 0) is 48.9 Å². The zero-order valence-corrected chi connectivity index (χ0v) is 18.3. The predicted octanol–water partition coefficient (Wildman–Crippen LogP) is 1.94. The number of ether oxygens (including phenoxy) is 1. The number of benzene rings is 2. The summed E-state index contributed by atoms with van der Waals surface area (Å²) in [6.07, 6.45) is 0. The molecule has 0 fully saturated rings. The van der Waals surface area contributed by atoms with E-state index < -0.39 is 35.0 Å². The third-order valence-electron chi connectivity index (χ3n) is 4.77. The summed E-state index contributed by atoms with van der Waals surface area (Å²) in [6.45, 7) is 1.13. The summed E-state index contributed by atoms with van der Waals surface area (Å²) < 4.78 is 33.9. The number of nitrogens with zero attached hydrogens (tertiary/aromatic N) is 2. The molecular weight excluding hydrogens is 450 g/mol. The Hall–Kier alpha value is -4.12. The average molecular weight is 472 g/mol. The molecule has 0 aliphatic heterocycles. The maximum absolute atomic E-state index is 14.1. The Morgan fingerprint density at radius 2 is 1.85 bits per heavy atom. The van der Waals surface area contributed by atoms with Gasteiger partial charge >= 0.3 is 0 Å². The number of anilines is 1. The molecule has 2 aromatic carbocycles. The Balaban J connectivity index is 1.79. The molecule has 1 heterocycles. The van der Waals surface area contributed by atoms with Crippen LogP contribution < -0.4 is 20.9 Å². The van der Waals surface area contributed by atoms with Crippen LogP contribution in [-0.2, 0) is 6.54 Å². The molecule has 0 aliphatic carbocycles. The smallest absolute Gasteiger partial charge is 0.276 e. The van der Waals surface area contributed by atoms with Gasteiger partial charge in [-0.2, -0.15) is 5.10 Å². The summed E-state index contributed by atoms with van der Waals surface area (Å²) in [7, 11) is 1.33. The summed E-state index contributed by atoms with van der Waals surface area (Å²) in [4.78, 5) is 37.0. The molecule has 0 radical (unpaired) electrons. The second-order valence-electron chi connectivity index (χ2n) is 7.39. The van der Waals surface area contributed by atoms with E-state index in [-0.39, 0.29) is 35.8 Å². The number of methoxy groups -OCH3 is 1. The molecule has 0 bridgehead atoms. The molecule has 0 saturated heterocycles. The van der Waals surface area contributed by atoms with E-state index in [9.17, 15) is 23.2 Å². The van der Waals surface area contributed by atoms with Crippen molar-refractivity contribution >= 4 is 17.5 Å². The highest BCUT2D eigenvalue weighted by Gasteiger charge is 2.17. The van der Waals surface area contributed by atoms with Gasteiger partial charge in [-0.3, -0.25) is 14.4 Å². The zero-order valence-electron chi connectivity index (χ0n) is 18.3. The molecule has 9 nitrogen and oxygen atoms in total. The second-order valence-corrected chi connectivity index (χ2v) is 7.39. The van der Waals surface area contributed by atoms with Gasteiger partial charge in [0.25, 0.3) is 17.4 Å². The number of carbonyl (C=O) groups is 2. The van der Waals surface area contributed by atoms with Crippen LogP contribution in [0.15, 0.2) is 53.3 Å². The van der Waals surface area contributed by atoms with Crippen LogP contribution in [0, 0.1) is 11.6 Å². The minimum absolute atomic E-state index is 0.0513. The largest absolute Gasteiger partial charge is 0.494 e. The van der Waals surface area contributed by atoms with Crippen LogP contribution in [0.4, 0.5) is 14.5 Å². The van der Waals surface area contributed by atoms with Gasteiger partial charge in [-0.25, -0.2) is 13.5 Å². The van der Waals surface area contributed by atoms with Crippen LogP contribution in [-0.4, -0.2) is 46.5 Å². The lowest BCUT2D eigenvalue weighted by Gasteiger charge is -2.13. The van der Waals surface area contributed by atoms with E-state index in [0.29, 0.717) is 5.56 Å². The highest BCUT2D eigenvalue weighted by molar-refractivity contribution is 6.03. The third-order valence-corrected chi connectivity index (χ3v) is 4.77. The molecule has 1 aromatic heterocycles. The highest BCUT2D eigenvalue weighted by atomic mass is 19.1. The van der Waals surface area contributed by atoms with Gasteiger partial charge in [-0.15, -0.1) is 0 Å². The molecule has 3 rings (SSSR count). The van der Waals surface area contributed by atoms with E-state index in [1.807, 2.05) is 0 Å². The standard InChI is InChI=1S/C23H22F2N4O5/c1-13(12-30)26-22(32)16-10-15(4-5-17(16)24)27-23(33)19-6-8-21(31)29(28-19)11-14-3-7-20(34-2)18(25)9-14/h3-10,13,30H,11-12H2,1-2H3,(H,26,32)(H,27,33)/t13-/m1/s1. The maximum atomic E-state index is 14.1. The summed E-state index contributed by atoms with van der Waals surface area (Å²) in [5, 5.41) is 18.0. The minimum Gasteiger partial charge on any atom is -0.494 e. The van der Waals surface area contributed by atoms with Crippen molar-refractivity contribution in [3.8, 4) is 5.75 Å². The lowest BCUT2D eigenvalue weighted by molar-refractivity contribution is 0.0917. The van der Waals surface area contributed by atoms with Crippen LogP contribution in [0.1, 0.15) is 33.3 Å². The predicted molar refractivity (Wildman–Crippen MR) is 119 cm³/mol. The van der Waals surface area contributed by atoms with Crippen LogP contribution in [0.25, 0.3) is 0 Å². The zero-order chi connectivity index (χ0) is 24.8. The fourth-order valence-corrected chi connectivity index (χ4v) is 2.98. The number of aliphatic hydroxyl groups excluding tert-OH is 1. The molecule has 0 saturated carbocycles. The molecule has 0 unspecified atom stereocenters. The Bertz CT molecular complexity index is 1280. The van der Waals surface area contributed by atoms with Crippen molar-refractivity contribution in [2.45, 2.75) is 19.5 Å². The Morgan fingerprint density at radius 1 is 1.09 bits per heavy atom. The highest BCUT2D eigenvalue weighted by Crippen LogP contribution is 2.18. The van der Waals surface area contributed by atoms with E-state index >= 15 is 0 Å². The van der Waals surface area contributed by atoms with Crippen LogP contribution in [0.3, 0.4) is 0 Å². The molecule has 178 valence electrons. The number of aromatic nitrogens is 2. The van der Waals surface area contributed by atoms with E-state index in [1.54, 1.807) is 13.0 Å². The van der Waals surface area contributed by atoms with Crippen molar-refractivity contribution in [2.24, 2.45) is 0 Å². The maximum Gasteiger partial charge on any atom is 0.276 e. The van der Waals surface area contributed by atoms with E-state index in [0.717, 1.165) is 22.9 Å². The fourth-order valence-electron chi connectivity index (χ4n) is 2.98. The minimum atomic E-state index is -0.806. The summed E-state index contributed by atoms with van der Waals surface area (Å²) in [5.41, 5.74) is -0.413. The number of halogens is 2. The lowest BCUT2D eigenvalue weighted by Crippen LogP contribution is -2.35. The van der Waals surface area contributed by atoms with Crippen molar-refractivity contribution in [2.75, 3.05) is 19.0 Å². The van der Waals surface area contributed by atoms with Gasteiger partial charge in [-0.1, -0.05) is 6.07 Å². The first kappa shape index (κ1) is 24.5. The third kappa shape index (κ3) is 5.81. The number of hydrogen-bond acceptors (Lipinski definition) is 6. The first-order valence-corrected chi connectivity index (χ1v) is 10.1. The second kappa shape index (κ2) is 10.7. The van der Waals surface area contributed by atoms with Gasteiger partial charge in [0, 0.05) is 17.8 Å². The van der Waals surface area contributed by atoms with E-state index in [1.165, 1.54) is 31.4 Å². The Kier molecular flexibility index (Phi) is 7.69. The van der Waals surface area contributed by atoms with E-state index in [4.69, 9.17) is 9.84 Å². The van der Waals surface area contributed by atoms with Crippen LogP contribution in [0.5, 0.6) is 5.75 Å². The van der Waals surface area contributed by atoms with Gasteiger partial charge in [0.15, 0.2) is 11.6 Å². The molecular formula is C23H22F2N4O5. The molecule has 34 heavy (non-hydrogen) atoms. The van der Waals surface area contributed by atoms with Crippen molar-refractivity contribution < 1.29 is 28.2 Å². The number of amides is 2. The number of rotatable bonds is 8. The monoisotopic (exact) mass is 472 g/mol.